The van der Waals surface area contributed by atoms with Gasteiger partial charge in [-0.15, -0.1) is 0 Å². The summed E-state index contributed by atoms with van der Waals surface area (Å²) in [6, 6.07) is 14.3. The van der Waals surface area contributed by atoms with Gasteiger partial charge in [0.15, 0.2) is 0 Å². The normalized spacial score (nSPS) is 20.3. The number of nitrogens with one attached hydrogen (secondary N) is 1. The van der Waals surface area contributed by atoms with Crippen molar-refractivity contribution < 1.29 is 5.11 Å². The van der Waals surface area contributed by atoms with Gasteiger partial charge < -0.3 is 15.3 Å². The molecule has 37 heavy (non-hydrogen) atoms. The number of anilines is 2. The van der Waals surface area contributed by atoms with Crippen LogP contribution in [0.3, 0.4) is 0 Å². The van der Waals surface area contributed by atoms with E-state index in [-0.39, 0.29) is 0 Å². The van der Waals surface area contributed by atoms with E-state index in [4.69, 9.17) is 4.98 Å². The Bertz CT molecular complexity index is 1530. The summed E-state index contributed by atoms with van der Waals surface area (Å²) in [6.45, 7) is 11.1. The summed E-state index contributed by atoms with van der Waals surface area (Å²) in [5.41, 5.74) is 6.42. The van der Waals surface area contributed by atoms with Gasteiger partial charge in [0.25, 0.3) is 0 Å². The number of aliphatic hydroxyl groups excluding tert-OH is 1. The van der Waals surface area contributed by atoms with Gasteiger partial charge in [0.1, 0.15) is 5.82 Å². The van der Waals surface area contributed by atoms with Crippen molar-refractivity contribution in [2.45, 2.75) is 33.3 Å². The van der Waals surface area contributed by atoms with Crippen LogP contribution in [-0.4, -0.2) is 34.4 Å². The molecule has 5 rings (SSSR count). The van der Waals surface area contributed by atoms with Gasteiger partial charge in [-0.1, -0.05) is 12.6 Å². The van der Waals surface area contributed by atoms with Gasteiger partial charge >= 0.3 is 0 Å². The van der Waals surface area contributed by atoms with Crippen LogP contribution >= 0.6 is 0 Å². The van der Waals surface area contributed by atoms with Gasteiger partial charge in [-0.25, -0.2) is 4.98 Å². The third-order valence-corrected chi connectivity index (χ3v) is 6.96. The van der Waals surface area contributed by atoms with Crippen LogP contribution in [0.15, 0.2) is 83.3 Å². The number of aromatic nitrogens is 2. The van der Waals surface area contributed by atoms with E-state index in [2.05, 4.69) is 38.9 Å². The van der Waals surface area contributed by atoms with Crippen molar-refractivity contribution in [3.63, 3.8) is 0 Å². The Balaban J connectivity index is 1.56. The van der Waals surface area contributed by atoms with Gasteiger partial charge in [0, 0.05) is 64.7 Å². The number of rotatable bonds is 5. The molecule has 2 atom stereocenters. The standard InChI is InChI=1S/C30H30N6O/c1-19-16-33-20(2)5-8-26(19)34-22-6-9-27-25(15-22)24(11-13-32-27)28-10-7-23(21(3)37)29(35-28)36-14-12-30(4,17-31)18-36/h5-11,13,15-16,21,34,37H,1,12,14,18H2,2-4H3. The Kier molecular flexibility index (Phi) is 6.36. The van der Waals surface area contributed by atoms with Crippen LogP contribution in [0.25, 0.3) is 22.2 Å². The third kappa shape index (κ3) is 4.89. The molecule has 1 saturated heterocycles. The zero-order chi connectivity index (χ0) is 26.2. The highest BCUT2D eigenvalue weighted by atomic mass is 16.3. The first-order valence-electron chi connectivity index (χ1n) is 12.4. The topological polar surface area (TPSA) is 97.4 Å². The van der Waals surface area contributed by atoms with Crippen molar-refractivity contribution in [2.75, 3.05) is 23.3 Å². The molecular weight excluding hydrogens is 460 g/mol. The molecule has 0 aliphatic carbocycles. The maximum absolute atomic E-state index is 10.5. The van der Waals surface area contributed by atoms with E-state index in [0.29, 0.717) is 6.54 Å². The minimum Gasteiger partial charge on any atom is -0.389 e. The summed E-state index contributed by atoms with van der Waals surface area (Å²) < 4.78 is 0. The zero-order valence-electron chi connectivity index (χ0n) is 21.4. The highest BCUT2D eigenvalue weighted by Crippen LogP contribution is 2.37. The predicted molar refractivity (Wildman–Crippen MR) is 149 cm³/mol. The highest BCUT2D eigenvalue weighted by Gasteiger charge is 2.35. The molecule has 2 unspecified atom stereocenters. The molecule has 2 aliphatic heterocycles. The molecule has 186 valence electrons. The fourth-order valence-electron chi connectivity index (χ4n) is 4.75. The largest absolute Gasteiger partial charge is 0.389 e. The molecule has 3 aromatic rings. The van der Waals surface area contributed by atoms with Gasteiger partial charge in [-0.2, -0.15) is 5.26 Å². The van der Waals surface area contributed by atoms with Crippen molar-refractivity contribution >= 4 is 28.6 Å². The van der Waals surface area contributed by atoms with Crippen LogP contribution < -0.4 is 10.2 Å². The van der Waals surface area contributed by atoms with Crippen molar-refractivity contribution in [3.8, 4) is 17.3 Å². The molecular formula is C30H30N6O. The minimum atomic E-state index is -0.669. The van der Waals surface area contributed by atoms with Gasteiger partial charge in [0.05, 0.1) is 28.8 Å². The second-order valence-electron chi connectivity index (χ2n) is 10.0. The summed E-state index contributed by atoms with van der Waals surface area (Å²) >= 11 is 0. The van der Waals surface area contributed by atoms with Crippen LogP contribution in [0.1, 0.15) is 38.9 Å². The number of aliphatic hydroxyl groups is 1. The first kappa shape index (κ1) is 24.4. The minimum absolute atomic E-state index is 0.424. The Morgan fingerprint density at radius 2 is 2.05 bits per heavy atom. The number of fused-ring (bicyclic) bond motifs is 1. The molecule has 4 heterocycles. The van der Waals surface area contributed by atoms with Crippen molar-refractivity contribution in [1.29, 1.82) is 5.26 Å². The van der Waals surface area contributed by atoms with Crippen LogP contribution in [0.4, 0.5) is 11.5 Å². The Hall–Kier alpha value is -4.28. The van der Waals surface area contributed by atoms with Crippen LogP contribution in [-0.2, 0) is 0 Å². The summed E-state index contributed by atoms with van der Waals surface area (Å²) in [6.07, 6.45) is 7.58. The molecule has 1 fully saturated rings. The molecule has 7 heteroatoms. The number of aliphatic imine (C=N–C) groups is 1. The maximum Gasteiger partial charge on any atom is 0.135 e. The molecule has 1 aromatic carbocycles. The number of allylic oxidation sites excluding steroid dienone is 4. The number of hydrogen-bond acceptors (Lipinski definition) is 7. The number of hydrogen-bond donors (Lipinski definition) is 2. The first-order valence-corrected chi connectivity index (χ1v) is 12.4. The van der Waals surface area contributed by atoms with E-state index in [1.54, 1.807) is 19.3 Å². The summed E-state index contributed by atoms with van der Waals surface area (Å²) in [7, 11) is 0. The average Bonchev–Trinajstić information content (AvgIpc) is 3.23. The first-order chi connectivity index (χ1) is 17.8. The van der Waals surface area contributed by atoms with E-state index >= 15 is 0 Å². The van der Waals surface area contributed by atoms with Crippen LogP contribution in [0.5, 0.6) is 0 Å². The lowest BCUT2D eigenvalue weighted by molar-refractivity contribution is 0.199. The van der Waals surface area contributed by atoms with E-state index in [1.165, 1.54) is 0 Å². The molecule has 0 spiro atoms. The third-order valence-electron chi connectivity index (χ3n) is 6.96. The molecule has 0 amide bonds. The molecule has 0 radical (unpaired) electrons. The Morgan fingerprint density at radius 1 is 1.22 bits per heavy atom. The molecule has 2 N–H and O–H groups in total. The predicted octanol–water partition coefficient (Wildman–Crippen LogP) is 5.93. The van der Waals surface area contributed by atoms with E-state index in [9.17, 15) is 10.4 Å². The Morgan fingerprint density at radius 3 is 2.81 bits per heavy atom. The van der Waals surface area contributed by atoms with Gasteiger partial charge in [-0.05, 0) is 69.7 Å². The lowest BCUT2D eigenvalue weighted by Crippen LogP contribution is -2.26. The lowest BCUT2D eigenvalue weighted by Gasteiger charge is -2.24. The van der Waals surface area contributed by atoms with E-state index in [0.717, 1.165) is 69.2 Å². The molecule has 0 bridgehead atoms. The molecule has 0 saturated carbocycles. The van der Waals surface area contributed by atoms with Crippen molar-refractivity contribution in [3.05, 3.63) is 83.9 Å². The molecule has 2 aliphatic rings. The molecule has 7 nitrogen and oxygen atoms in total. The number of benzene rings is 1. The summed E-state index contributed by atoms with van der Waals surface area (Å²) in [5.74, 6) is 0.729. The summed E-state index contributed by atoms with van der Waals surface area (Å²) in [4.78, 5) is 16.1. The lowest BCUT2D eigenvalue weighted by atomic mass is 9.92. The Labute approximate surface area is 217 Å². The number of nitrogens with zero attached hydrogens (tertiary/aromatic N) is 5. The average molecular weight is 491 g/mol. The zero-order valence-corrected chi connectivity index (χ0v) is 21.4. The van der Waals surface area contributed by atoms with Gasteiger partial charge in [-0.3, -0.25) is 9.98 Å². The monoisotopic (exact) mass is 490 g/mol. The van der Waals surface area contributed by atoms with Crippen LogP contribution in [0.2, 0.25) is 0 Å². The van der Waals surface area contributed by atoms with E-state index in [1.807, 2.05) is 56.3 Å². The van der Waals surface area contributed by atoms with Crippen molar-refractivity contribution in [2.24, 2.45) is 10.4 Å². The fraction of sp³-hybridized carbons (Fsp3) is 0.267. The van der Waals surface area contributed by atoms with Crippen LogP contribution in [0, 0.1) is 16.7 Å². The number of pyridine rings is 2. The number of nitriles is 1. The fourth-order valence-corrected chi connectivity index (χ4v) is 4.75. The second kappa shape index (κ2) is 9.64. The van der Waals surface area contributed by atoms with E-state index < -0.39 is 11.5 Å². The van der Waals surface area contributed by atoms with Gasteiger partial charge in [0.2, 0.25) is 0 Å². The smallest absolute Gasteiger partial charge is 0.135 e. The second-order valence-corrected chi connectivity index (χ2v) is 10.0. The summed E-state index contributed by atoms with van der Waals surface area (Å²) in [5, 5.41) is 24.5. The molecule has 2 aromatic heterocycles. The quantitative estimate of drug-likeness (QED) is 0.460. The SMILES string of the molecule is C=C1C=NC(C)=CC=C1Nc1ccc2nccc(-c3ccc(C(C)O)c(N4CCC(C)(C#N)C4)n3)c2c1. The maximum atomic E-state index is 10.5. The highest BCUT2D eigenvalue weighted by molar-refractivity contribution is 5.96. The van der Waals surface area contributed by atoms with Crippen molar-refractivity contribution in [1.82, 2.24) is 9.97 Å².